The van der Waals surface area contributed by atoms with E-state index in [1.54, 1.807) is 12.1 Å². The van der Waals surface area contributed by atoms with Crippen LogP contribution in [0.3, 0.4) is 0 Å². The van der Waals surface area contributed by atoms with Gasteiger partial charge in [-0.25, -0.2) is 4.79 Å². The van der Waals surface area contributed by atoms with Crippen LogP contribution in [0.15, 0.2) is 29.8 Å². The van der Waals surface area contributed by atoms with E-state index in [0.717, 1.165) is 0 Å². The normalized spacial score (nSPS) is 29.1. The Morgan fingerprint density at radius 1 is 1.33 bits per heavy atom. The molecular weight excluding hydrogens is 362 g/mol. The molecule has 6 atom stereocenters. The Kier molecular flexibility index (Phi) is 7.16. The third-order valence-corrected chi connectivity index (χ3v) is 4.45. The maximum absolute atomic E-state index is 11.2. The number of hydrogen-bond donors (Lipinski definition) is 5. The molecule has 1 aliphatic rings. The Morgan fingerprint density at radius 3 is 2.67 bits per heavy atom. The van der Waals surface area contributed by atoms with Crippen LogP contribution in [0.25, 0.3) is 0 Å². The second-order valence-corrected chi connectivity index (χ2v) is 6.46. The highest BCUT2D eigenvalue weighted by molar-refractivity contribution is 5.73. The number of carbonyl (C=O) groups is 1. The smallest absolute Gasteiger partial charge is 0.335 e. The second kappa shape index (κ2) is 9.15. The molecule has 0 amide bonds. The highest BCUT2D eigenvalue weighted by Gasteiger charge is 2.51. The fourth-order valence-corrected chi connectivity index (χ4v) is 2.90. The third-order valence-electron chi connectivity index (χ3n) is 4.45. The van der Waals surface area contributed by atoms with Crippen LogP contribution in [0.4, 0.5) is 0 Å². The van der Waals surface area contributed by atoms with E-state index in [4.69, 9.17) is 9.84 Å². The van der Waals surface area contributed by atoms with Gasteiger partial charge in [0, 0.05) is 25.2 Å². The van der Waals surface area contributed by atoms with E-state index in [0.29, 0.717) is 24.9 Å². The summed E-state index contributed by atoms with van der Waals surface area (Å²) in [6, 6.07) is 3.21. The number of hydrogen-bond acceptors (Lipinski definition) is 8. The van der Waals surface area contributed by atoms with Gasteiger partial charge in [0.25, 0.3) is 6.23 Å². The topological polar surface area (TPSA) is 164 Å². The van der Waals surface area contributed by atoms with Crippen molar-refractivity contribution in [2.24, 2.45) is 5.29 Å². The predicted octanol–water partition coefficient (Wildman–Crippen LogP) is -1.53. The average Bonchev–Trinajstić information content (AvgIpc) is 2.65. The Balaban J connectivity index is 2.13. The first-order valence-electron chi connectivity index (χ1n) is 8.42. The monoisotopic (exact) mass is 386 g/mol. The van der Waals surface area contributed by atoms with Gasteiger partial charge in [0.15, 0.2) is 24.6 Å². The summed E-state index contributed by atoms with van der Waals surface area (Å²) in [6.07, 6.45) is -5.10. The van der Waals surface area contributed by atoms with E-state index < -0.39 is 42.7 Å². The largest absolute Gasteiger partial charge is 0.479 e. The molecule has 0 saturated carbocycles. The van der Waals surface area contributed by atoms with Crippen LogP contribution >= 0.6 is 0 Å². The van der Waals surface area contributed by atoms with Gasteiger partial charge >= 0.3 is 5.97 Å². The lowest BCUT2D eigenvalue weighted by molar-refractivity contribution is -0.777. The molecule has 1 aliphatic heterocycles. The van der Waals surface area contributed by atoms with E-state index in [9.17, 15) is 30.1 Å². The fourth-order valence-electron chi connectivity index (χ4n) is 2.90. The van der Waals surface area contributed by atoms with E-state index in [-0.39, 0.29) is 0 Å². The second-order valence-electron chi connectivity index (χ2n) is 6.46. The zero-order valence-electron chi connectivity index (χ0n) is 14.7. The molecule has 150 valence electrons. The minimum Gasteiger partial charge on any atom is -0.479 e. The molecule has 2 heterocycles. The average molecular weight is 386 g/mol. The molecule has 27 heavy (non-hydrogen) atoms. The maximum Gasteiger partial charge on any atom is 0.335 e. The van der Waals surface area contributed by atoms with Crippen LogP contribution in [0.5, 0.6) is 0 Å². The maximum atomic E-state index is 11.2. The van der Waals surface area contributed by atoms with Crippen LogP contribution < -0.4 is 4.57 Å². The summed E-state index contributed by atoms with van der Waals surface area (Å²) >= 11 is 0. The van der Waals surface area contributed by atoms with Crippen molar-refractivity contribution >= 4 is 5.97 Å². The van der Waals surface area contributed by atoms with Gasteiger partial charge in [-0.3, -0.25) is 5.01 Å². The quantitative estimate of drug-likeness (QED) is 0.202. The van der Waals surface area contributed by atoms with Gasteiger partial charge < -0.3 is 30.3 Å². The summed E-state index contributed by atoms with van der Waals surface area (Å²) in [4.78, 5) is 21.5. The van der Waals surface area contributed by atoms with E-state index in [2.05, 4.69) is 5.29 Å². The summed E-state index contributed by atoms with van der Waals surface area (Å²) in [5.74, 6) is -1.47. The predicted molar refractivity (Wildman–Crippen MR) is 88.8 cm³/mol. The number of ether oxygens (including phenoxy) is 1. The molecule has 1 aromatic rings. The molecule has 1 fully saturated rings. The Hall–Kier alpha value is -2.18. The number of nitroso groups, excluding NO2 is 1. The molecule has 0 unspecified atom stereocenters. The molecule has 0 radical (unpaired) electrons. The zero-order chi connectivity index (χ0) is 20.1. The summed E-state index contributed by atoms with van der Waals surface area (Å²) < 4.78 is 6.59. The molecule has 0 aliphatic carbocycles. The Bertz CT molecular complexity index is 660. The lowest BCUT2D eigenvalue weighted by Crippen LogP contribution is -2.63. The number of aliphatic carboxylic acids is 1. The molecule has 2 rings (SSSR count). The first-order chi connectivity index (χ1) is 12.8. The number of carboxylic acids is 1. The van der Waals surface area contributed by atoms with E-state index in [1.807, 2.05) is 0 Å². The zero-order valence-corrected chi connectivity index (χ0v) is 14.7. The Labute approximate surface area is 155 Å². The van der Waals surface area contributed by atoms with Gasteiger partial charge in [-0.05, 0) is 18.9 Å². The van der Waals surface area contributed by atoms with E-state index >= 15 is 0 Å². The molecule has 0 spiro atoms. The van der Waals surface area contributed by atoms with Crippen molar-refractivity contribution in [2.45, 2.75) is 49.6 Å². The van der Waals surface area contributed by atoms with Crippen LogP contribution in [0.1, 0.15) is 30.7 Å². The molecule has 5 N–H and O–H groups in total. The van der Waals surface area contributed by atoms with Crippen molar-refractivity contribution in [2.75, 3.05) is 13.6 Å². The highest BCUT2D eigenvalue weighted by Crippen LogP contribution is 2.26. The lowest BCUT2D eigenvalue weighted by Gasteiger charge is -2.35. The van der Waals surface area contributed by atoms with Crippen molar-refractivity contribution in [1.29, 1.82) is 0 Å². The Morgan fingerprint density at radius 2 is 2.04 bits per heavy atom. The summed E-state index contributed by atoms with van der Waals surface area (Å²) in [6.45, 7) is 0.377. The number of nitrogens with zero attached hydrogens (tertiary/aromatic N) is 3. The minimum absolute atomic E-state index is 0.344. The van der Waals surface area contributed by atoms with Crippen molar-refractivity contribution < 1.29 is 39.6 Å². The molecule has 11 nitrogen and oxygen atoms in total. The van der Waals surface area contributed by atoms with Crippen LogP contribution in [-0.4, -0.2) is 74.5 Å². The van der Waals surface area contributed by atoms with Crippen LogP contribution in [-0.2, 0) is 9.53 Å². The molecule has 0 aromatic carbocycles. The molecule has 11 heteroatoms. The van der Waals surface area contributed by atoms with Gasteiger partial charge in [0.2, 0.25) is 0 Å². The fraction of sp³-hybridized carbons (Fsp3) is 0.625. The number of carboxylic acid groups (broad SMARTS) is 1. The number of rotatable bonds is 8. The third kappa shape index (κ3) is 4.96. The van der Waals surface area contributed by atoms with Crippen molar-refractivity contribution in [3.8, 4) is 0 Å². The SMILES string of the molecule is CN(CCC[C@@H](O)c1ccc[n+]([C@@H]2O[C@@H](C(=O)O)[C@@H](O)[C@H](O)[C@@H]2O)c1)N=O. The van der Waals surface area contributed by atoms with E-state index in [1.165, 1.54) is 29.0 Å². The molecule has 0 bridgehead atoms. The first-order valence-corrected chi connectivity index (χ1v) is 8.42. The summed E-state index contributed by atoms with van der Waals surface area (Å²) in [5, 5.41) is 53.2. The van der Waals surface area contributed by atoms with Gasteiger partial charge in [0.05, 0.1) is 11.4 Å². The molecule has 1 saturated heterocycles. The number of aromatic nitrogens is 1. The first kappa shape index (κ1) is 21.1. The highest BCUT2D eigenvalue weighted by atomic mass is 16.6. The van der Waals surface area contributed by atoms with Crippen molar-refractivity contribution in [3.63, 3.8) is 0 Å². The summed E-state index contributed by atoms with van der Waals surface area (Å²) in [5.41, 5.74) is 0.475. The van der Waals surface area contributed by atoms with Crippen LogP contribution in [0.2, 0.25) is 0 Å². The van der Waals surface area contributed by atoms with Gasteiger partial charge in [-0.2, -0.15) is 4.57 Å². The molecule has 1 aromatic heterocycles. The summed E-state index contributed by atoms with van der Waals surface area (Å²) in [7, 11) is 1.52. The molecular formula is C16H24N3O8+. The number of pyridine rings is 1. The minimum atomic E-state index is -1.77. The van der Waals surface area contributed by atoms with Crippen molar-refractivity contribution in [3.05, 3.63) is 35.0 Å². The van der Waals surface area contributed by atoms with Gasteiger partial charge in [0.1, 0.15) is 12.2 Å². The van der Waals surface area contributed by atoms with Crippen molar-refractivity contribution in [1.82, 2.24) is 5.01 Å². The van der Waals surface area contributed by atoms with Gasteiger partial charge in [-0.1, -0.05) is 0 Å². The standard InChI is InChI=1S/C16H23N3O8/c1-18(17-26)6-3-5-10(20)9-4-2-7-19(8-9)15-13(23)11(21)12(22)14(27-15)16(24)25/h2,4,7-8,10-15,20-23H,3,5-6H2,1H3/p+1/t10-,11+,12+,13+,14-,15-/m1/s1. The number of aliphatic hydroxyl groups excluding tert-OH is 4. The lowest BCUT2D eigenvalue weighted by atomic mass is 9.97. The van der Waals surface area contributed by atoms with Gasteiger partial charge in [-0.15, -0.1) is 4.91 Å². The van der Waals surface area contributed by atoms with Crippen LogP contribution in [0, 0.1) is 4.91 Å². The number of aliphatic hydroxyl groups is 4.